The first-order chi connectivity index (χ1) is 9.65. The van der Waals surface area contributed by atoms with Crippen LogP contribution in [0.25, 0.3) is 11.1 Å². The van der Waals surface area contributed by atoms with E-state index in [0.29, 0.717) is 0 Å². The van der Waals surface area contributed by atoms with Gasteiger partial charge in [0.25, 0.3) is 0 Å². The molecule has 0 heterocycles. The summed E-state index contributed by atoms with van der Waals surface area (Å²) >= 11 is 0. The van der Waals surface area contributed by atoms with Crippen LogP contribution < -0.4 is 0 Å². The van der Waals surface area contributed by atoms with Crippen molar-refractivity contribution in [3.05, 3.63) is 57.1 Å². The van der Waals surface area contributed by atoms with Crippen molar-refractivity contribution in [1.82, 2.24) is 0 Å². The van der Waals surface area contributed by atoms with Crippen molar-refractivity contribution >= 4 is 0 Å². The normalized spacial score (nSPS) is 15.8. The topological polar surface area (TPSA) is 0 Å². The molecule has 2 aromatic rings. The predicted molar refractivity (Wildman–Crippen MR) is 85.5 cm³/mol. The minimum Gasteiger partial charge on any atom is -0.0549 e. The van der Waals surface area contributed by atoms with Gasteiger partial charge in [-0.2, -0.15) is 0 Å². The lowest BCUT2D eigenvalue weighted by molar-refractivity contribution is 0.685. The Labute approximate surface area is 121 Å². The molecule has 20 heavy (non-hydrogen) atoms. The van der Waals surface area contributed by atoms with E-state index in [1.165, 1.54) is 53.5 Å². The Morgan fingerprint density at radius 1 is 0.700 bits per heavy atom. The van der Waals surface area contributed by atoms with Crippen LogP contribution in [-0.4, -0.2) is 0 Å². The summed E-state index contributed by atoms with van der Waals surface area (Å²) in [5.41, 5.74) is 13.8. The Hall–Kier alpha value is -1.56. The molecule has 0 amide bonds. The van der Waals surface area contributed by atoms with Crippen LogP contribution in [0, 0.1) is 20.8 Å². The third-order valence-corrected chi connectivity index (χ3v) is 5.46. The summed E-state index contributed by atoms with van der Waals surface area (Å²) in [5, 5.41) is 0. The van der Waals surface area contributed by atoms with Gasteiger partial charge in [-0.25, -0.2) is 0 Å². The minimum atomic E-state index is 1.14. The number of aryl methyl sites for hydroxylation is 3. The molecule has 102 valence electrons. The summed E-state index contributed by atoms with van der Waals surface area (Å²) in [6, 6.07) is 7.43. The van der Waals surface area contributed by atoms with E-state index in [1.54, 1.807) is 22.3 Å². The molecule has 0 bridgehead atoms. The zero-order valence-electron chi connectivity index (χ0n) is 12.8. The fourth-order valence-corrected chi connectivity index (χ4v) is 4.10. The van der Waals surface area contributed by atoms with Gasteiger partial charge in [0, 0.05) is 0 Å². The van der Waals surface area contributed by atoms with Crippen LogP contribution in [0.2, 0.25) is 0 Å². The predicted octanol–water partition coefficient (Wildman–Crippen LogP) is 5.06. The summed E-state index contributed by atoms with van der Waals surface area (Å²) < 4.78 is 0. The number of hydrogen-bond donors (Lipinski definition) is 0. The number of benzene rings is 2. The summed E-state index contributed by atoms with van der Waals surface area (Å²) in [7, 11) is 0. The average Bonchev–Trinajstić information content (AvgIpc) is 2.79. The van der Waals surface area contributed by atoms with E-state index >= 15 is 0 Å². The first kappa shape index (κ1) is 12.2. The second-order valence-electron chi connectivity index (χ2n) is 6.64. The largest absolute Gasteiger partial charge is 0.0549 e. The molecule has 2 aromatic carbocycles. The molecule has 4 rings (SSSR count). The molecule has 0 saturated carbocycles. The molecule has 0 aromatic heterocycles. The minimum absolute atomic E-state index is 1.14. The lowest BCUT2D eigenvalue weighted by Crippen LogP contribution is -2.03. The quantitative estimate of drug-likeness (QED) is 0.531. The van der Waals surface area contributed by atoms with E-state index < -0.39 is 0 Å². The maximum atomic E-state index is 2.51. The van der Waals surface area contributed by atoms with Gasteiger partial charge in [0.05, 0.1) is 0 Å². The van der Waals surface area contributed by atoms with E-state index in [2.05, 4.69) is 39.0 Å². The first-order valence-electron chi connectivity index (χ1n) is 7.90. The molecule has 0 saturated heterocycles. The van der Waals surface area contributed by atoms with E-state index in [9.17, 15) is 0 Å². The van der Waals surface area contributed by atoms with Crippen LogP contribution in [0.15, 0.2) is 18.2 Å². The molecule has 0 unspecified atom stereocenters. The maximum absolute atomic E-state index is 2.51. The number of rotatable bonds is 0. The second kappa shape index (κ2) is 4.22. The van der Waals surface area contributed by atoms with Gasteiger partial charge in [-0.05, 0) is 103 Å². The van der Waals surface area contributed by atoms with Gasteiger partial charge >= 0.3 is 0 Å². The summed E-state index contributed by atoms with van der Waals surface area (Å²) in [6.07, 6.45) is 6.44. The highest BCUT2D eigenvalue weighted by atomic mass is 14.3. The molecular formula is C20H22. The molecule has 0 radical (unpaired) electrons. The second-order valence-corrected chi connectivity index (χ2v) is 6.64. The highest BCUT2D eigenvalue weighted by Crippen LogP contribution is 2.43. The Morgan fingerprint density at radius 3 is 2.15 bits per heavy atom. The molecular weight excluding hydrogens is 240 g/mol. The van der Waals surface area contributed by atoms with Gasteiger partial charge < -0.3 is 0 Å². The molecule has 0 spiro atoms. The molecule has 0 nitrogen and oxygen atoms in total. The lowest BCUT2D eigenvalue weighted by atomic mass is 9.87. The molecule has 2 aliphatic rings. The standard InChI is InChI=1S/C20H22/c1-12-8-18-10-17-9-15-6-4-5-7-16(15)11-19(17)20(18)14(3)13(12)2/h8-9,11H,4-7,10H2,1-3H3. The Balaban J connectivity index is 1.96. The van der Waals surface area contributed by atoms with E-state index in [-0.39, 0.29) is 0 Å². The molecule has 0 fully saturated rings. The van der Waals surface area contributed by atoms with Crippen molar-refractivity contribution in [3.63, 3.8) is 0 Å². The van der Waals surface area contributed by atoms with Crippen LogP contribution in [-0.2, 0) is 19.3 Å². The van der Waals surface area contributed by atoms with Crippen molar-refractivity contribution in [3.8, 4) is 11.1 Å². The van der Waals surface area contributed by atoms with E-state index in [0.717, 1.165) is 6.42 Å². The number of hydrogen-bond acceptors (Lipinski definition) is 0. The van der Waals surface area contributed by atoms with Gasteiger partial charge in [-0.15, -0.1) is 0 Å². The van der Waals surface area contributed by atoms with Crippen molar-refractivity contribution in [2.24, 2.45) is 0 Å². The van der Waals surface area contributed by atoms with Gasteiger partial charge in [0.15, 0.2) is 0 Å². The zero-order chi connectivity index (χ0) is 13.9. The van der Waals surface area contributed by atoms with Crippen molar-refractivity contribution in [2.45, 2.75) is 52.9 Å². The van der Waals surface area contributed by atoms with Crippen molar-refractivity contribution in [2.75, 3.05) is 0 Å². The maximum Gasteiger partial charge on any atom is -0.00131 e. The molecule has 2 aliphatic carbocycles. The summed E-state index contributed by atoms with van der Waals surface area (Å²) in [6.45, 7) is 6.81. The van der Waals surface area contributed by atoms with Crippen LogP contribution in [0.1, 0.15) is 51.8 Å². The molecule has 0 atom stereocenters. The summed E-state index contributed by atoms with van der Waals surface area (Å²) in [4.78, 5) is 0. The van der Waals surface area contributed by atoms with Gasteiger partial charge in [-0.1, -0.05) is 18.2 Å². The van der Waals surface area contributed by atoms with Crippen molar-refractivity contribution in [1.29, 1.82) is 0 Å². The van der Waals surface area contributed by atoms with E-state index in [1.807, 2.05) is 0 Å². The van der Waals surface area contributed by atoms with Crippen LogP contribution >= 0.6 is 0 Å². The Morgan fingerprint density at radius 2 is 1.40 bits per heavy atom. The molecule has 0 aliphatic heterocycles. The molecule has 0 N–H and O–H groups in total. The first-order valence-corrected chi connectivity index (χ1v) is 7.90. The van der Waals surface area contributed by atoms with Gasteiger partial charge in [-0.3, -0.25) is 0 Å². The van der Waals surface area contributed by atoms with Crippen LogP contribution in [0.4, 0.5) is 0 Å². The third kappa shape index (κ3) is 1.60. The number of fused-ring (bicyclic) bond motifs is 4. The Kier molecular flexibility index (Phi) is 2.57. The van der Waals surface area contributed by atoms with Crippen LogP contribution in [0.3, 0.4) is 0 Å². The fourth-order valence-electron chi connectivity index (χ4n) is 4.10. The third-order valence-electron chi connectivity index (χ3n) is 5.46. The monoisotopic (exact) mass is 262 g/mol. The lowest BCUT2D eigenvalue weighted by Gasteiger charge is -2.18. The average molecular weight is 262 g/mol. The SMILES string of the molecule is Cc1cc2c(c(C)c1C)-c1cc3c(cc1C2)CCCC3. The highest BCUT2D eigenvalue weighted by molar-refractivity contribution is 5.81. The summed E-state index contributed by atoms with van der Waals surface area (Å²) in [5.74, 6) is 0. The van der Waals surface area contributed by atoms with Crippen LogP contribution in [0.5, 0.6) is 0 Å². The zero-order valence-corrected chi connectivity index (χ0v) is 12.8. The van der Waals surface area contributed by atoms with Gasteiger partial charge in [0.2, 0.25) is 0 Å². The smallest absolute Gasteiger partial charge is 0.00131 e. The van der Waals surface area contributed by atoms with E-state index in [4.69, 9.17) is 0 Å². The molecule has 0 heteroatoms. The fraction of sp³-hybridized carbons (Fsp3) is 0.400. The Bertz CT molecular complexity index is 720. The van der Waals surface area contributed by atoms with Crippen molar-refractivity contribution < 1.29 is 0 Å². The van der Waals surface area contributed by atoms with Gasteiger partial charge in [0.1, 0.15) is 0 Å². The highest BCUT2D eigenvalue weighted by Gasteiger charge is 2.24.